The molecule has 3 aromatic rings. The number of nitrogens with zero attached hydrogens (tertiary/aromatic N) is 5. The largest absolute Gasteiger partial charge is 0.481 e. The number of hydrogen-bond acceptors (Lipinski definition) is 11. The number of benzene rings is 2. The number of ketones is 1. The molecule has 2 heterocycles. The lowest BCUT2D eigenvalue weighted by atomic mass is 9.74. The van der Waals surface area contributed by atoms with E-state index in [2.05, 4.69) is 41.3 Å². The van der Waals surface area contributed by atoms with Crippen LogP contribution in [0.1, 0.15) is 137 Å². The summed E-state index contributed by atoms with van der Waals surface area (Å²) in [6, 6.07) is 17.9. The van der Waals surface area contributed by atoms with Crippen molar-refractivity contribution in [1.82, 2.24) is 25.3 Å². The molecule has 4 rings (SSSR count). The van der Waals surface area contributed by atoms with Gasteiger partial charge in [-0.1, -0.05) is 124 Å². The first-order chi connectivity index (χ1) is 34.3. The number of aromatic nitrogens is 2. The van der Waals surface area contributed by atoms with Gasteiger partial charge >= 0.3 is 5.97 Å². The summed E-state index contributed by atoms with van der Waals surface area (Å²) in [4.78, 5) is 76.1. The number of aliphatic imine (C=N–C) groups is 1. The van der Waals surface area contributed by atoms with Crippen LogP contribution in [-0.4, -0.2) is 125 Å². The zero-order valence-corrected chi connectivity index (χ0v) is 45.3. The number of carbonyl (C=O) groups excluding carboxylic acids is 4. The minimum atomic E-state index is -0.807. The van der Waals surface area contributed by atoms with Gasteiger partial charge in [0.25, 0.3) is 5.91 Å². The summed E-state index contributed by atoms with van der Waals surface area (Å²) in [5.41, 5.74) is 1.81. The smallest absolute Gasteiger partial charge is 0.303 e. The molecule has 1 fully saturated rings. The molecule has 11 unspecified atom stereocenters. The van der Waals surface area contributed by atoms with Gasteiger partial charge in [-0.25, -0.2) is 4.99 Å². The van der Waals surface area contributed by atoms with Gasteiger partial charge in [0.1, 0.15) is 0 Å². The summed E-state index contributed by atoms with van der Waals surface area (Å²) in [5.74, 6) is -2.36. The molecule has 0 saturated carbocycles. The Balaban J connectivity index is 1.44. The number of methoxy groups -OCH3 is 2. The lowest BCUT2D eigenvalue weighted by Gasteiger charge is -2.37. The molecule has 1 aliphatic rings. The second-order valence-electron chi connectivity index (χ2n) is 21.0. The molecule has 1 saturated heterocycles. The molecule has 0 aliphatic carbocycles. The van der Waals surface area contributed by atoms with Gasteiger partial charge < -0.3 is 29.2 Å². The molecule has 3 amide bonds. The summed E-state index contributed by atoms with van der Waals surface area (Å²) in [5, 5.41) is 20.8. The van der Waals surface area contributed by atoms with Crippen LogP contribution < -0.4 is 5.32 Å². The highest BCUT2D eigenvalue weighted by Gasteiger charge is 2.42. The molecule has 2 N–H and O–H groups in total. The predicted octanol–water partition coefficient (Wildman–Crippen LogP) is 9.34. The van der Waals surface area contributed by atoms with Crippen LogP contribution in [0.3, 0.4) is 0 Å². The fourth-order valence-electron chi connectivity index (χ4n) is 10.4. The van der Waals surface area contributed by atoms with Crippen LogP contribution in [0.25, 0.3) is 11.5 Å². The normalized spacial score (nSPS) is 18.4. The third-order valence-electron chi connectivity index (χ3n) is 15.1. The average molecular weight is 999 g/mol. The van der Waals surface area contributed by atoms with Gasteiger partial charge in [-0.15, -0.1) is 10.2 Å². The van der Waals surface area contributed by atoms with Crippen molar-refractivity contribution in [1.29, 1.82) is 0 Å². The van der Waals surface area contributed by atoms with E-state index in [1.165, 1.54) is 0 Å². The molecule has 15 heteroatoms. The Kier molecular flexibility index (Phi) is 24.4. The minimum Gasteiger partial charge on any atom is -0.481 e. The Labute approximate surface area is 429 Å². The van der Waals surface area contributed by atoms with E-state index in [-0.39, 0.29) is 77.9 Å². The number of rotatable bonds is 31. The molecule has 398 valence electrons. The van der Waals surface area contributed by atoms with Gasteiger partial charge in [0.2, 0.25) is 23.6 Å². The van der Waals surface area contributed by atoms with Gasteiger partial charge in [0.15, 0.2) is 5.78 Å². The second kappa shape index (κ2) is 29.5. The number of unbranched alkanes of at least 4 members (excludes halogenated alkanes) is 2. The van der Waals surface area contributed by atoms with Crippen molar-refractivity contribution in [3.8, 4) is 11.5 Å². The lowest BCUT2D eigenvalue weighted by Crippen LogP contribution is -2.55. The van der Waals surface area contributed by atoms with Crippen molar-refractivity contribution in [3.63, 3.8) is 0 Å². The van der Waals surface area contributed by atoms with Crippen LogP contribution in [-0.2, 0) is 39.9 Å². The zero-order chi connectivity index (χ0) is 53.1. The van der Waals surface area contributed by atoms with Gasteiger partial charge in [-0.3, -0.25) is 28.9 Å². The van der Waals surface area contributed by atoms with Crippen LogP contribution in [0.15, 0.2) is 70.1 Å². The SMILES string of the molecule is CCC(C)C(CC(C)C(C)C(=O)C(NC(=O)C(C(C)C)N(C)CCCCCC(=O)O)C(C)C)C(CC(=O)N1CCCC1C(OC)C(C)C(=O)N=CC(Cc1ccccc1)c1nnc(-c2ccccc2)o1)OC. The summed E-state index contributed by atoms with van der Waals surface area (Å²) < 4.78 is 18.4. The van der Waals surface area contributed by atoms with Crippen molar-refractivity contribution in [2.45, 2.75) is 163 Å². The van der Waals surface area contributed by atoms with Gasteiger partial charge in [0, 0.05) is 44.9 Å². The summed E-state index contributed by atoms with van der Waals surface area (Å²) in [6.07, 6.45) is 6.36. The quantitative estimate of drug-likeness (QED) is 0.0459. The van der Waals surface area contributed by atoms with Crippen LogP contribution in [0.4, 0.5) is 0 Å². The third-order valence-corrected chi connectivity index (χ3v) is 15.1. The molecular weight excluding hydrogens is 913 g/mol. The molecule has 0 spiro atoms. The molecule has 0 bridgehead atoms. The third kappa shape index (κ3) is 17.0. The van der Waals surface area contributed by atoms with Crippen LogP contribution in [0, 0.1) is 41.4 Å². The lowest BCUT2D eigenvalue weighted by molar-refractivity contribution is -0.142. The van der Waals surface area contributed by atoms with Crippen molar-refractivity contribution in [2.75, 3.05) is 34.4 Å². The van der Waals surface area contributed by atoms with Crippen molar-refractivity contribution in [3.05, 3.63) is 72.1 Å². The van der Waals surface area contributed by atoms with E-state index in [4.69, 9.17) is 19.0 Å². The van der Waals surface area contributed by atoms with Crippen molar-refractivity contribution in [2.24, 2.45) is 46.4 Å². The first-order valence-electron chi connectivity index (χ1n) is 26.4. The number of nitrogens with one attached hydrogen (secondary N) is 1. The molecule has 1 aliphatic heterocycles. The molecule has 11 atom stereocenters. The van der Waals surface area contributed by atoms with E-state index < -0.39 is 42.1 Å². The Bertz CT molecular complexity index is 2170. The number of hydrogen-bond donors (Lipinski definition) is 2. The van der Waals surface area contributed by atoms with E-state index in [1.54, 1.807) is 27.4 Å². The van der Waals surface area contributed by atoms with E-state index in [9.17, 15) is 24.0 Å². The number of likely N-dealkylation sites (tertiary alicyclic amines) is 1. The summed E-state index contributed by atoms with van der Waals surface area (Å²) >= 11 is 0. The second-order valence-corrected chi connectivity index (χ2v) is 21.0. The maximum Gasteiger partial charge on any atom is 0.303 e. The first-order valence-corrected chi connectivity index (χ1v) is 26.4. The number of carboxylic acids is 1. The summed E-state index contributed by atoms with van der Waals surface area (Å²) in [7, 11) is 5.13. The van der Waals surface area contributed by atoms with E-state index >= 15 is 0 Å². The maximum absolute atomic E-state index is 14.5. The highest BCUT2D eigenvalue weighted by molar-refractivity contribution is 5.92. The molecular formula is C57H86N6O9. The topological polar surface area (TPSA) is 194 Å². The molecule has 72 heavy (non-hydrogen) atoms. The monoisotopic (exact) mass is 999 g/mol. The predicted molar refractivity (Wildman–Crippen MR) is 281 cm³/mol. The standard InChI is InChI=1S/C57H86N6O9/c1-13-38(6)45(32-39(7)40(8)52(67)50(36(2)3)59-55(69)51(37(4)5)62(10)30-22-16-21-29-49(65)66)47(70-11)34-48(64)63-31-23-28-46(63)53(71-12)41(9)54(68)58-35-44(33-42-24-17-14-18-25-42)57-61-60-56(72-57)43-26-19-15-20-27-43/h14-15,17-20,24-27,35-41,44-47,50-51,53H,13,16,21-23,28-34H2,1-12H3,(H,59,69)(H,65,66). The fourth-order valence-corrected chi connectivity index (χ4v) is 10.4. The number of likely N-dealkylation sites (N-methyl/N-ethyl adjacent to an activating group) is 1. The Morgan fingerprint density at radius 2 is 1.54 bits per heavy atom. The number of carboxylic acid groups (broad SMARTS) is 1. The number of Topliss-reactive ketones (excluding diaryl/α,β-unsaturated/α-hetero) is 1. The highest BCUT2D eigenvalue weighted by Crippen LogP contribution is 2.35. The highest BCUT2D eigenvalue weighted by atomic mass is 16.5. The van der Waals surface area contributed by atoms with E-state index in [1.807, 2.05) is 112 Å². The Morgan fingerprint density at radius 3 is 2.14 bits per heavy atom. The number of ether oxygens (including phenoxy) is 2. The maximum atomic E-state index is 14.5. The Morgan fingerprint density at radius 1 is 0.875 bits per heavy atom. The number of carbonyl (C=O) groups is 5. The van der Waals surface area contributed by atoms with E-state index in [0.29, 0.717) is 50.6 Å². The van der Waals surface area contributed by atoms with Crippen LogP contribution in [0.2, 0.25) is 0 Å². The van der Waals surface area contributed by atoms with Crippen LogP contribution >= 0.6 is 0 Å². The van der Waals surface area contributed by atoms with Crippen molar-refractivity contribution >= 4 is 35.7 Å². The summed E-state index contributed by atoms with van der Waals surface area (Å²) in [6.45, 7) is 19.2. The Hall–Kier alpha value is -5.12. The molecule has 0 radical (unpaired) electrons. The van der Waals surface area contributed by atoms with Gasteiger partial charge in [0.05, 0.1) is 48.6 Å². The minimum absolute atomic E-state index is 0.0117. The van der Waals surface area contributed by atoms with Gasteiger partial charge in [-0.05, 0) is 99.4 Å². The van der Waals surface area contributed by atoms with E-state index in [0.717, 1.165) is 36.8 Å². The van der Waals surface area contributed by atoms with Crippen molar-refractivity contribution < 1.29 is 43.0 Å². The molecule has 1 aromatic heterocycles. The number of aliphatic carboxylic acids is 1. The molecule has 2 aromatic carbocycles. The van der Waals surface area contributed by atoms with Gasteiger partial charge in [-0.2, -0.15) is 0 Å². The fraction of sp³-hybridized carbons (Fsp3) is 0.649. The van der Waals surface area contributed by atoms with Crippen LogP contribution in [0.5, 0.6) is 0 Å². The average Bonchev–Trinajstić information content (AvgIpc) is 4.06. The number of amides is 3. The molecule has 15 nitrogen and oxygen atoms in total. The first kappa shape index (κ1) is 59.4. The zero-order valence-electron chi connectivity index (χ0n) is 45.3.